The second-order valence-electron chi connectivity index (χ2n) is 4.53. The third-order valence-corrected chi connectivity index (χ3v) is 3.08. The predicted molar refractivity (Wildman–Crippen MR) is 74.0 cm³/mol. The third-order valence-electron chi connectivity index (χ3n) is 3.08. The molecule has 98 valence electrons. The molecule has 0 aliphatic rings. The number of hydrogen-bond donors (Lipinski definition) is 4. The highest BCUT2D eigenvalue weighted by molar-refractivity contribution is 5.81. The molecule has 6 heteroatoms. The second-order valence-corrected chi connectivity index (χ2v) is 4.53. The summed E-state index contributed by atoms with van der Waals surface area (Å²) in [4.78, 5) is 24.5. The van der Waals surface area contributed by atoms with Crippen molar-refractivity contribution in [3.05, 3.63) is 40.2 Å². The van der Waals surface area contributed by atoms with Crippen LogP contribution in [0.3, 0.4) is 0 Å². The summed E-state index contributed by atoms with van der Waals surface area (Å²) in [5, 5.41) is 0. The van der Waals surface area contributed by atoms with Crippen LogP contribution in [0.2, 0.25) is 0 Å². The zero-order valence-electron chi connectivity index (χ0n) is 10.6. The molecule has 0 spiro atoms. The normalized spacial score (nSPS) is 11.3. The Morgan fingerprint density at radius 3 is 2.79 bits per heavy atom. The van der Waals surface area contributed by atoms with Gasteiger partial charge in [0.2, 0.25) is 0 Å². The number of nitrogens with zero attached hydrogens (tertiary/aromatic N) is 1. The van der Waals surface area contributed by atoms with Crippen molar-refractivity contribution < 1.29 is 0 Å². The fourth-order valence-corrected chi connectivity index (χ4v) is 2.28. The molecule has 5 N–H and O–H groups in total. The van der Waals surface area contributed by atoms with Crippen molar-refractivity contribution in [1.29, 1.82) is 0 Å². The Morgan fingerprint density at radius 1 is 1.21 bits per heavy atom. The maximum absolute atomic E-state index is 11.3. The van der Waals surface area contributed by atoms with Crippen molar-refractivity contribution in [1.82, 2.24) is 19.9 Å². The van der Waals surface area contributed by atoms with Crippen molar-refractivity contribution in [2.24, 2.45) is 5.73 Å². The van der Waals surface area contributed by atoms with Crippen LogP contribution in [-0.2, 0) is 6.42 Å². The maximum atomic E-state index is 11.3. The van der Waals surface area contributed by atoms with Gasteiger partial charge in [-0.1, -0.05) is 6.07 Å². The van der Waals surface area contributed by atoms with Gasteiger partial charge in [-0.15, -0.1) is 0 Å². The lowest BCUT2D eigenvalue weighted by atomic mass is 10.1. The summed E-state index contributed by atoms with van der Waals surface area (Å²) in [6, 6.07) is 5.74. The standard InChI is InChI=1S/C13H15N5O/c1-7-15-10(4-5-14)12(16-7)8-2-3-9-11(6-8)18-13(19)17-9/h2-3,6H,4-5,14H2,1H3,(H,15,16)(H2,17,18,19). The number of hydrogen-bond acceptors (Lipinski definition) is 3. The smallest absolute Gasteiger partial charge is 0.323 e. The zero-order valence-corrected chi connectivity index (χ0v) is 10.6. The first kappa shape index (κ1) is 11.7. The largest absolute Gasteiger partial charge is 0.346 e. The van der Waals surface area contributed by atoms with Gasteiger partial charge < -0.3 is 20.7 Å². The number of fused-ring (bicyclic) bond motifs is 1. The van der Waals surface area contributed by atoms with Crippen LogP contribution in [0, 0.1) is 6.92 Å². The van der Waals surface area contributed by atoms with Crippen molar-refractivity contribution in [2.75, 3.05) is 6.54 Å². The quantitative estimate of drug-likeness (QED) is 0.564. The van der Waals surface area contributed by atoms with Gasteiger partial charge in [0.05, 0.1) is 16.7 Å². The zero-order chi connectivity index (χ0) is 13.4. The molecular weight excluding hydrogens is 242 g/mol. The number of H-pyrrole nitrogens is 3. The van der Waals surface area contributed by atoms with Gasteiger partial charge >= 0.3 is 5.69 Å². The summed E-state index contributed by atoms with van der Waals surface area (Å²) in [6.07, 6.45) is 0.748. The summed E-state index contributed by atoms with van der Waals surface area (Å²) in [5.74, 6) is 0.862. The first-order chi connectivity index (χ1) is 9.17. The van der Waals surface area contributed by atoms with E-state index in [0.29, 0.717) is 6.54 Å². The topological polar surface area (TPSA) is 103 Å². The first-order valence-electron chi connectivity index (χ1n) is 6.15. The molecule has 0 unspecified atom stereocenters. The summed E-state index contributed by atoms with van der Waals surface area (Å²) >= 11 is 0. The van der Waals surface area contributed by atoms with E-state index >= 15 is 0 Å². The number of aromatic amines is 3. The van der Waals surface area contributed by atoms with Crippen LogP contribution < -0.4 is 11.4 Å². The Balaban J connectivity index is 2.15. The number of nitrogens with two attached hydrogens (primary N) is 1. The lowest BCUT2D eigenvalue weighted by Crippen LogP contribution is -2.04. The number of nitrogens with one attached hydrogen (secondary N) is 3. The molecule has 0 atom stereocenters. The molecule has 0 amide bonds. The van der Waals surface area contributed by atoms with Gasteiger partial charge in [0, 0.05) is 17.7 Å². The Kier molecular flexibility index (Phi) is 2.72. The SMILES string of the molecule is Cc1nc(-c2ccc3[nH]c(=O)[nH]c3c2)c(CCN)[nH]1. The van der Waals surface area contributed by atoms with Crippen LogP contribution in [0.1, 0.15) is 11.5 Å². The molecule has 0 saturated heterocycles. The average Bonchev–Trinajstić information content (AvgIpc) is 2.90. The van der Waals surface area contributed by atoms with Gasteiger partial charge in [0.1, 0.15) is 5.82 Å². The molecule has 3 aromatic rings. The third kappa shape index (κ3) is 2.06. The molecule has 6 nitrogen and oxygen atoms in total. The highest BCUT2D eigenvalue weighted by Gasteiger charge is 2.11. The summed E-state index contributed by atoms with van der Waals surface area (Å²) < 4.78 is 0. The van der Waals surface area contributed by atoms with Gasteiger partial charge in [-0.25, -0.2) is 9.78 Å². The fourth-order valence-electron chi connectivity index (χ4n) is 2.28. The van der Waals surface area contributed by atoms with E-state index in [0.717, 1.165) is 40.2 Å². The Hall–Kier alpha value is -2.34. The molecule has 0 radical (unpaired) electrons. The Bertz CT molecular complexity index is 780. The van der Waals surface area contributed by atoms with E-state index in [1.54, 1.807) is 0 Å². The van der Waals surface area contributed by atoms with Crippen LogP contribution in [0.25, 0.3) is 22.3 Å². The molecule has 3 rings (SSSR count). The molecule has 0 aliphatic carbocycles. The maximum Gasteiger partial charge on any atom is 0.323 e. The van der Waals surface area contributed by atoms with Crippen molar-refractivity contribution in [2.45, 2.75) is 13.3 Å². The molecule has 2 heterocycles. The van der Waals surface area contributed by atoms with E-state index in [1.165, 1.54) is 0 Å². The van der Waals surface area contributed by atoms with Crippen molar-refractivity contribution in [3.63, 3.8) is 0 Å². The monoisotopic (exact) mass is 257 g/mol. The molecular formula is C13H15N5O. The number of aryl methyl sites for hydroxylation is 1. The molecule has 2 aromatic heterocycles. The average molecular weight is 257 g/mol. The van der Waals surface area contributed by atoms with E-state index < -0.39 is 0 Å². The minimum atomic E-state index is -0.201. The van der Waals surface area contributed by atoms with E-state index in [4.69, 9.17) is 5.73 Å². The fraction of sp³-hybridized carbons (Fsp3) is 0.231. The lowest BCUT2D eigenvalue weighted by molar-refractivity contribution is 0.930. The van der Waals surface area contributed by atoms with Gasteiger partial charge in [-0.3, -0.25) is 0 Å². The molecule has 0 fully saturated rings. The lowest BCUT2D eigenvalue weighted by Gasteiger charge is -2.01. The van der Waals surface area contributed by atoms with Crippen LogP contribution in [-0.4, -0.2) is 26.5 Å². The van der Waals surface area contributed by atoms with Crippen LogP contribution >= 0.6 is 0 Å². The van der Waals surface area contributed by atoms with Gasteiger partial charge in [-0.05, 0) is 25.6 Å². The highest BCUT2D eigenvalue weighted by atomic mass is 16.1. The number of aromatic nitrogens is 4. The highest BCUT2D eigenvalue weighted by Crippen LogP contribution is 2.24. The van der Waals surface area contributed by atoms with E-state index in [-0.39, 0.29) is 5.69 Å². The molecule has 0 saturated carbocycles. The van der Waals surface area contributed by atoms with Crippen molar-refractivity contribution in [3.8, 4) is 11.3 Å². The Morgan fingerprint density at radius 2 is 2.00 bits per heavy atom. The summed E-state index contributed by atoms with van der Waals surface area (Å²) in [6.45, 7) is 2.48. The van der Waals surface area contributed by atoms with Crippen molar-refractivity contribution >= 4 is 11.0 Å². The van der Waals surface area contributed by atoms with E-state index in [9.17, 15) is 4.79 Å². The second kappa shape index (κ2) is 4.40. The minimum absolute atomic E-state index is 0.201. The summed E-state index contributed by atoms with van der Waals surface area (Å²) in [5.41, 5.74) is 9.87. The summed E-state index contributed by atoms with van der Waals surface area (Å²) in [7, 11) is 0. The predicted octanol–water partition coefficient (Wildman–Crippen LogP) is 1.06. The van der Waals surface area contributed by atoms with E-state index in [1.807, 2.05) is 25.1 Å². The number of rotatable bonds is 3. The number of benzene rings is 1. The van der Waals surface area contributed by atoms with Crippen LogP contribution in [0.5, 0.6) is 0 Å². The Labute approximate surface area is 109 Å². The van der Waals surface area contributed by atoms with Crippen LogP contribution in [0.15, 0.2) is 23.0 Å². The first-order valence-corrected chi connectivity index (χ1v) is 6.15. The molecule has 0 bridgehead atoms. The van der Waals surface area contributed by atoms with E-state index in [2.05, 4.69) is 19.9 Å². The van der Waals surface area contributed by atoms with Gasteiger partial charge in [-0.2, -0.15) is 0 Å². The van der Waals surface area contributed by atoms with Gasteiger partial charge in [0.25, 0.3) is 0 Å². The molecule has 19 heavy (non-hydrogen) atoms. The number of imidazole rings is 2. The minimum Gasteiger partial charge on any atom is -0.346 e. The molecule has 0 aliphatic heterocycles. The van der Waals surface area contributed by atoms with Gasteiger partial charge in [0.15, 0.2) is 0 Å². The molecule has 1 aromatic carbocycles. The van der Waals surface area contributed by atoms with Crippen LogP contribution in [0.4, 0.5) is 0 Å².